The van der Waals surface area contributed by atoms with Gasteiger partial charge in [-0.3, -0.25) is 0 Å². The average Bonchev–Trinajstić information content (AvgIpc) is 2.81. The maximum Gasteiger partial charge on any atom is 0.156 e. The lowest BCUT2D eigenvalue weighted by atomic mass is 9.60. The van der Waals surface area contributed by atoms with E-state index in [1.54, 1.807) is 0 Å². The molecule has 0 bridgehead atoms. The highest BCUT2D eigenvalue weighted by Gasteiger charge is 2.50. The normalized spacial score (nSPS) is 35.0. The van der Waals surface area contributed by atoms with E-state index in [1.807, 2.05) is 0 Å². The second-order valence-electron chi connectivity index (χ2n) is 9.79. The minimum Gasteiger partial charge on any atom is -0.306 e. The summed E-state index contributed by atoms with van der Waals surface area (Å²) in [6.07, 6.45) is 12.5. The summed E-state index contributed by atoms with van der Waals surface area (Å²) in [5.41, 5.74) is 2.35. The summed E-state index contributed by atoms with van der Waals surface area (Å²) in [7, 11) is 0. The van der Waals surface area contributed by atoms with Gasteiger partial charge in [-0.1, -0.05) is 59.1 Å². The molecule has 2 nitrogen and oxygen atoms in total. The third-order valence-electron chi connectivity index (χ3n) is 6.80. The van der Waals surface area contributed by atoms with Crippen LogP contribution in [0.1, 0.15) is 86.0 Å². The second-order valence-corrected chi connectivity index (χ2v) is 10.8. The van der Waals surface area contributed by atoms with Crippen LogP contribution in [0.5, 0.6) is 0 Å². The van der Waals surface area contributed by atoms with Crippen LogP contribution in [0.15, 0.2) is 11.6 Å². The molecule has 0 saturated heterocycles. The molecule has 2 rings (SSSR count). The van der Waals surface area contributed by atoms with Crippen molar-refractivity contribution in [3.8, 4) is 0 Å². The fraction of sp³-hybridized carbons (Fsp3) is 0.905. The van der Waals surface area contributed by atoms with Crippen molar-refractivity contribution in [3.05, 3.63) is 11.6 Å². The summed E-state index contributed by atoms with van der Waals surface area (Å²) in [5, 5.41) is 0. The first-order valence-corrected chi connectivity index (χ1v) is 11.2. The van der Waals surface area contributed by atoms with Gasteiger partial charge in [0, 0.05) is 0 Å². The van der Waals surface area contributed by atoms with Crippen LogP contribution in [0.3, 0.4) is 0 Å². The van der Waals surface area contributed by atoms with E-state index < -0.39 is 11.1 Å². The van der Waals surface area contributed by atoms with Crippen LogP contribution in [0.2, 0.25) is 0 Å². The van der Waals surface area contributed by atoms with Crippen molar-refractivity contribution in [1.29, 1.82) is 0 Å². The molecule has 2 aliphatic rings. The molecule has 0 radical (unpaired) electrons. The summed E-state index contributed by atoms with van der Waals surface area (Å²) < 4.78 is 20.2. The van der Waals surface area contributed by atoms with Crippen molar-refractivity contribution in [2.75, 3.05) is 5.75 Å². The van der Waals surface area contributed by atoms with E-state index in [4.69, 9.17) is 4.55 Å². The van der Waals surface area contributed by atoms with Crippen molar-refractivity contribution < 1.29 is 8.76 Å². The third kappa shape index (κ3) is 4.94. The molecule has 0 spiro atoms. The molecular formula is C21H38O2S. The Hall–Kier alpha value is -0.150. The van der Waals surface area contributed by atoms with Gasteiger partial charge in [-0.2, -0.15) is 0 Å². The maximum absolute atomic E-state index is 11.1. The Morgan fingerprint density at radius 1 is 1.38 bits per heavy atom. The number of allylic oxidation sites excluding steroid dienone is 1. The first-order chi connectivity index (χ1) is 11.1. The Morgan fingerprint density at radius 2 is 2.08 bits per heavy atom. The van der Waals surface area contributed by atoms with Crippen molar-refractivity contribution in [2.24, 2.45) is 28.6 Å². The van der Waals surface area contributed by atoms with Crippen molar-refractivity contribution in [3.63, 3.8) is 0 Å². The molecule has 0 aromatic carbocycles. The standard InChI is InChI=1S/C21H38O2S/c1-16(8-6-13-20(2,3)4)18-10-11-19-17(12-15-24(22)23)9-7-14-21(18,19)5/h12,16,18-19H,6-11,13-15H2,1-5H3,(H,22,23). The predicted octanol–water partition coefficient (Wildman–Crippen LogP) is 6.20. The van der Waals surface area contributed by atoms with Crippen molar-refractivity contribution >= 4 is 11.1 Å². The van der Waals surface area contributed by atoms with E-state index >= 15 is 0 Å². The number of hydrogen-bond donors (Lipinski definition) is 1. The van der Waals surface area contributed by atoms with Crippen molar-refractivity contribution in [2.45, 2.75) is 86.0 Å². The topological polar surface area (TPSA) is 37.3 Å². The monoisotopic (exact) mass is 354 g/mol. The van der Waals surface area contributed by atoms with Gasteiger partial charge in [0.15, 0.2) is 11.1 Å². The Labute approximate surface area is 152 Å². The van der Waals surface area contributed by atoms with Crippen molar-refractivity contribution in [1.82, 2.24) is 0 Å². The Morgan fingerprint density at radius 3 is 2.71 bits per heavy atom. The van der Waals surface area contributed by atoms with Crippen LogP contribution < -0.4 is 0 Å². The highest BCUT2D eigenvalue weighted by molar-refractivity contribution is 7.79. The van der Waals surface area contributed by atoms with Gasteiger partial charge in [0.25, 0.3) is 0 Å². The molecule has 0 aromatic rings. The van der Waals surface area contributed by atoms with Gasteiger partial charge >= 0.3 is 0 Å². The van der Waals surface area contributed by atoms with Gasteiger partial charge in [-0.05, 0) is 67.1 Å². The quantitative estimate of drug-likeness (QED) is 0.455. The van der Waals surface area contributed by atoms with E-state index in [1.165, 1.54) is 50.5 Å². The van der Waals surface area contributed by atoms with Gasteiger partial charge in [0.05, 0.1) is 5.75 Å². The molecule has 0 heterocycles. The minimum atomic E-state index is -1.70. The van der Waals surface area contributed by atoms with Crippen LogP contribution in [-0.4, -0.2) is 14.5 Å². The van der Waals surface area contributed by atoms with E-state index in [2.05, 4.69) is 40.7 Å². The summed E-state index contributed by atoms with van der Waals surface area (Å²) in [4.78, 5) is 0. The van der Waals surface area contributed by atoms with Crippen LogP contribution >= 0.6 is 0 Å². The van der Waals surface area contributed by atoms with Crippen LogP contribution in [-0.2, 0) is 11.1 Å². The summed E-state index contributed by atoms with van der Waals surface area (Å²) in [6.45, 7) is 12.0. The SMILES string of the molecule is CC(CCCC(C)(C)C)C1CCC2C(=CCS(=O)O)CCCC21C. The zero-order valence-corrected chi connectivity index (χ0v) is 17.3. The largest absolute Gasteiger partial charge is 0.306 e. The van der Waals surface area contributed by atoms with Gasteiger partial charge in [-0.15, -0.1) is 0 Å². The number of hydrogen-bond acceptors (Lipinski definition) is 1. The zero-order chi connectivity index (χ0) is 18.0. The molecule has 2 saturated carbocycles. The van der Waals surface area contributed by atoms with E-state index in [0.717, 1.165) is 18.3 Å². The smallest absolute Gasteiger partial charge is 0.156 e. The lowest BCUT2D eigenvalue weighted by Gasteiger charge is -2.44. The Balaban J connectivity index is 2.01. The zero-order valence-electron chi connectivity index (χ0n) is 16.4. The summed E-state index contributed by atoms with van der Waals surface area (Å²) in [5.74, 6) is 2.59. The number of fused-ring (bicyclic) bond motifs is 1. The number of rotatable bonds is 6. The van der Waals surface area contributed by atoms with Gasteiger partial charge in [0.2, 0.25) is 0 Å². The van der Waals surface area contributed by atoms with Crippen LogP contribution in [0.25, 0.3) is 0 Å². The van der Waals surface area contributed by atoms with Gasteiger partial charge in [0.1, 0.15) is 0 Å². The van der Waals surface area contributed by atoms with E-state index in [0.29, 0.717) is 22.5 Å². The Kier molecular flexibility index (Phi) is 6.75. The molecule has 5 atom stereocenters. The first-order valence-electron chi connectivity index (χ1n) is 9.90. The molecule has 2 aliphatic carbocycles. The summed E-state index contributed by atoms with van der Waals surface area (Å²) >= 11 is -1.70. The average molecular weight is 355 g/mol. The fourth-order valence-electron chi connectivity index (χ4n) is 5.59. The molecule has 140 valence electrons. The molecule has 0 aromatic heterocycles. The van der Waals surface area contributed by atoms with Gasteiger partial charge in [-0.25, -0.2) is 4.21 Å². The van der Waals surface area contributed by atoms with Crippen LogP contribution in [0.4, 0.5) is 0 Å². The lowest BCUT2D eigenvalue weighted by Crippen LogP contribution is -2.36. The summed E-state index contributed by atoms with van der Waals surface area (Å²) in [6, 6.07) is 0. The highest BCUT2D eigenvalue weighted by Crippen LogP contribution is 2.59. The second kappa shape index (κ2) is 8.03. The predicted molar refractivity (Wildman–Crippen MR) is 104 cm³/mol. The minimum absolute atomic E-state index is 0.313. The molecule has 3 heteroatoms. The lowest BCUT2D eigenvalue weighted by molar-refractivity contribution is 0.0919. The molecule has 0 aliphatic heterocycles. The Bertz CT molecular complexity index is 477. The first kappa shape index (κ1) is 20.2. The molecule has 5 unspecified atom stereocenters. The molecule has 24 heavy (non-hydrogen) atoms. The van der Waals surface area contributed by atoms with E-state index in [9.17, 15) is 4.21 Å². The molecule has 0 amide bonds. The van der Waals surface area contributed by atoms with Crippen LogP contribution in [0, 0.1) is 28.6 Å². The molecule has 1 N–H and O–H groups in total. The fourth-order valence-corrected chi connectivity index (χ4v) is 5.95. The maximum atomic E-state index is 11.1. The van der Waals surface area contributed by atoms with E-state index in [-0.39, 0.29) is 0 Å². The van der Waals surface area contributed by atoms with Gasteiger partial charge < -0.3 is 4.55 Å². The molecular weight excluding hydrogens is 316 g/mol. The third-order valence-corrected chi connectivity index (χ3v) is 7.25. The highest BCUT2D eigenvalue weighted by atomic mass is 32.2. The molecule has 2 fully saturated rings.